The second-order valence-electron chi connectivity index (χ2n) is 4.74. The van der Waals surface area contributed by atoms with Crippen LogP contribution in [0, 0.1) is 6.92 Å². The van der Waals surface area contributed by atoms with Crippen LogP contribution >= 0.6 is 11.8 Å². The highest BCUT2D eigenvalue weighted by Crippen LogP contribution is 2.22. The molecule has 0 radical (unpaired) electrons. The number of nitrogens with one attached hydrogen (secondary N) is 1. The van der Waals surface area contributed by atoms with Gasteiger partial charge in [-0.05, 0) is 37.9 Å². The van der Waals surface area contributed by atoms with Crippen LogP contribution in [0.3, 0.4) is 0 Å². The first kappa shape index (κ1) is 14.6. The van der Waals surface area contributed by atoms with E-state index in [1.165, 1.54) is 17.5 Å². The summed E-state index contributed by atoms with van der Waals surface area (Å²) < 4.78 is 0. The number of aryl methyl sites for hydroxylation is 1. The lowest BCUT2D eigenvalue weighted by atomic mass is 10.1. The van der Waals surface area contributed by atoms with Crippen LogP contribution in [0.25, 0.3) is 0 Å². The Kier molecular flexibility index (Phi) is 6.68. The molecule has 17 heavy (non-hydrogen) atoms. The van der Waals surface area contributed by atoms with Crippen molar-refractivity contribution in [2.75, 3.05) is 6.54 Å². The molecule has 0 saturated heterocycles. The van der Waals surface area contributed by atoms with Gasteiger partial charge in [0.05, 0.1) is 0 Å². The number of benzene rings is 1. The summed E-state index contributed by atoms with van der Waals surface area (Å²) in [5.41, 5.74) is 2.88. The van der Waals surface area contributed by atoms with Crippen molar-refractivity contribution in [1.82, 2.24) is 5.32 Å². The van der Waals surface area contributed by atoms with E-state index in [1.807, 2.05) is 0 Å². The lowest BCUT2D eigenvalue weighted by Crippen LogP contribution is -2.28. The molecule has 2 heteroatoms. The fourth-order valence-electron chi connectivity index (χ4n) is 2.00. The molecule has 0 aliphatic carbocycles. The zero-order valence-corrected chi connectivity index (χ0v) is 12.3. The highest BCUT2D eigenvalue weighted by Gasteiger charge is 2.08. The minimum Gasteiger partial charge on any atom is -0.314 e. The predicted octanol–water partition coefficient (Wildman–Crippen LogP) is 4.00. The average Bonchev–Trinajstić information content (AvgIpc) is 2.28. The van der Waals surface area contributed by atoms with E-state index < -0.39 is 0 Å². The van der Waals surface area contributed by atoms with Crippen molar-refractivity contribution in [3.8, 4) is 0 Å². The van der Waals surface area contributed by atoms with Crippen molar-refractivity contribution in [2.45, 2.75) is 51.2 Å². The summed E-state index contributed by atoms with van der Waals surface area (Å²) in [6, 6.07) is 9.30. The van der Waals surface area contributed by atoms with Gasteiger partial charge in [0.25, 0.3) is 0 Å². The van der Waals surface area contributed by atoms with Crippen molar-refractivity contribution in [3.63, 3.8) is 0 Å². The van der Waals surface area contributed by atoms with E-state index in [0.717, 1.165) is 12.3 Å². The van der Waals surface area contributed by atoms with Crippen LogP contribution in [0.1, 0.15) is 38.3 Å². The molecule has 2 atom stereocenters. The lowest BCUT2D eigenvalue weighted by molar-refractivity contribution is 0.530. The summed E-state index contributed by atoms with van der Waals surface area (Å²) in [5, 5.41) is 4.18. The minimum absolute atomic E-state index is 0.624. The van der Waals surface area contributed by atoms with Gasteiger partial charge >= 0.3 is 0 Å². The molecule has 1 aromatic rings. The fraction of sp³-hybridized carbons (Fsp3) is 0.600. The van der Waals surface area contributed by atoms with Gasteiger partial charge in [0, 0.05) is 17.0 Å². The van der Waals surface area contributed by atoms with E-state index in [9.17, 15) is 0 Å². The summed E-state index contributed by atoms with van der Waals surface area (Å²) >= 11 is 2.06. The maximum absolute atomic E-state index is 3.47. The molecule has 0 bridgehead atoms. The van der Waals surface area contributed by atoms with Gasteiger partial charge in [-0.25, -0.2) is 0 Å². The molecule has 0 amide bonds. The first-order valence-electron chi connectivity index (χ1n) is 6.53. The van der Waals surface area contributed by atoms with Gasteiger partial charge in [0.1, 0.15) is 0 Å². The van der Waals surface area contributed by atoms with Gasteiger partial charge in [-0.3, -0.25) is 0 Å². The molecule has 0 spiro atoms. The summed E-state index contributed by atoms with van der Waals surface area (Å²) in [4.78, 5) is 0. The van der Waals surface area contributed by atoms with Gasteiger partial charge in [-0.15, -0.1) is 0 Å². The molecule has 1 aromatic carbocycles. The number of hydrogen-bond donors (Lipinski definition) is 1. The van der Waals surface area contributed by atoms with Crippen LogP contribution in [-0.2, 0) is 5.75 Å². The highest BCUT2D eigenvalue weighted by atomic mass is 32.2. The SMILES string of the molecule is CCNC(C)CC(C)SCc1ccccc1C. The zero-order chi connectivity index (χ0) is 12.7. The predicted molar refractivity (Wildman–Crippen MR) is 79.7 cm³/mol. The van der Waals surface area contributed by atoms with E-state index in [2.05, 4.69) is 69.0 Å². The van der Waals surface area contributed by atoms with Crippen LogP contribution in [-0.4, -0.2) is 17.8 Å². The molecule has 0 saturated carbocycles. The van der Waals surface area contributed by atoms with Gasteiger partial charge in [0.2, 0.25) is 0 Å². The zero-order valence-electron chi connectivity index (χ0n) is 11.5. The molecule has 1 N–H and O–H groups in total. The third-order valence-electron chi connectivity index (χ3n) is 3.02. The maximum atomic E-state index is 3.47. The Hall–Kier alpha value is -0.470. The van der Waals surface area contributed by atoms with E-state index in [1.54, 1.807) is 0 Å². The monoisotopic (exact) mass is 251 g/mol. The minimum atomic E-state index is 0.624. The Morgan fingerprint density at radius 3 is 2.59 bits per heavy atom. The number of thioether (sulfide) groups is 1. The molecule has 1 nitrogen and oxygen atoms in total. The maximum Gasteiger partial charge on any atom is 0.0189 e. The lowest BCUT2D eigenvalue weighted by Gasteiger charge is -2.18. The largest absolute Gasteiger partial charge is 0.314 e. The molecule has 0 heterocycles. The number of rotatable bonds is 7. The van der Waals surface area contributed by atoms with Crippen LogP contribution in [0.5, 0.6) is 0 Å². The Bertz CT molecular complexity index is 324. The van der Waals surface area contributed by atoms with E-state index >= 15 is 0 Å². The Morgan fingerprint density at radius 2 is 1.94 bits per heavy atom. The Labute approximate surface area is 110 Å². The molecule has 0 aliphatic rings. The van der Waals surface area contributed by atoms with Crippen molar-refractivity contribution in [2.24, 2.45) is 0 Å². The van der Waals surface area contributed by atoms with Crippen LogP contribution < -0.4 is 5.32 Å². The molecule has 1 rings (SSSR count). The quantitative estimate of drug-likeness (QED) is 0.786. The van der Waals surface area contributed by atoms with Crippen LogP contribution in [0.2, 0.25) is 0 Å². The number of hydrogen-bond acceptors (Lipinski definition) is 2. The van der Waals surface area contributed by atoms with Gasteiger partial charge in [-0.2, -0.15) is 11.8 Å². The Morgan fingerprint density at radius 1 is 1.24 bits per heavy atom. The van der Waals surface area contributed by atoms with Gasteiger partial charge in [0.15, 0.2) is 0 Å². The third kappa shape index (κ3) is 5.60. The van der Waals surface area contributed by atoms with E-state index in [4.69, 9.17) is 0 Å². The first-order valence-corrected chi connectivity index (χ1v) is 7.57. The van der Waals surface area contributed by atoms with Crippen molar-refractivity contribution in [1.29, 1.82) is 0 Å². The van der Waals surface area contributed by atoms with Gasteiger partial charge < -0.3 is 5.32 Å². The highest BCUT2D eigenvalue weighted by molar-refractivity contribution is 7.99. The molecular weight excluding hydrogens is 226 g/mol. The van der Waals surface area contributed by atoms with Crippen LogP contribution in [0.4, 0.5) is 0 Å². The average molecular weight is 251 g/mol. The second-order valence-corrected chi connectivity index (χ2v) is 6.17. The summed E-state index contributed by atoms with van der Waals surface area (Å²) in [7, 11) is 0. The molecule has 2 unspecified atom stereocenters. The van der Waals surface area contributed by atoms with E-state index in [0.29, 0.717) is 11.3 Å². The van der Waals surface area contributed by atoms with Crippen LogP contribution in [0.15, 0.2) is 24.3 Å². The second kappa shape index (κ2) is 7.78. The van der Waals surface area contributed by atoms with Crippen molar-refractivity contribution >= 4 is 11.8 Å². The normalized spacial score (nSPS) is 14.6. The molecule has 0 aromatic heterocycles. The first-order chi connectivity index (χ1) is 8.13. The summed E-state index contributed by atoms with van der Waals surface area (Å²) in [6.07, 6.45) is 1.24. The molecule has 96 valence electrons. The standard InChI is InChI=1S/C15H25NS/c1-5-16-13(3)10-14(4)17-11-15-9-7-6-8-12(15)2/h6-9,13-14,16H,5,10-11H2,1-4H3. The van der Waals surface area contributed by atoms with Crippen molar-refractivity contribution < 1.29 is 0 Å². The topological polar surface area (TPSA) is 12.0 Å². The fourth-order valence-corrected chi connectivity index (χ4v) is 3.21. The molecular formula is C15H25NS. The summed E-state index contributed by atoms with van der Waals surface area (Å²) in [5.74, 6) is 1.13. The Balaban J connectivity index is 2.33. The molecule has 0 aliphatic heterocycles. The van der Waals surface area contributed by atoms with Gasteiger partial charge in [-0.1, -0.05) is 38.1 Å². The van der Waals surface area contributed by atoms with Crippen molar-refractivity contribution in [3.05, 3.63) is 35.4 Å². The van der Waals surface area contributed by atoms with E-state index in [-0.39, 0.29) is 0 Å². The third-order valence-corrected chi connectivity index (χ3v) is 4.26. The molecule has 0 fully saturated rings. The summed E-state index contributed by atoms with van der Waals surface area (Å²) in [6.45, 7) is 10.0. The smallest absolute Gasteiger partial charge is 0.0189 e.